The zero-order chi connectivity index (χ0) is 23.8. The highest BCUT2D eigenvalue weighted by atomic mass is 32.2. The average Bonchev–Trinajstić information content (AvgIpc) is 2.80. The number of carbonyl (C=O) groups excluding carboxylic acids is 2. The number of benzene rings is 1. The first-order valence-corrected chi connectivity index (χ1v) is 12.7. The van der Waals surface area contributed by atoms with E-state index in [1.54, 1.807) is 31.1 Å². The van der Waals surface area contributed by atoms with Crippen LogP contribution in [-0.4, -0.2) is 74.3 Å². The van der Waals surface area contributed by atoms with Crippen LogP contribution in [0.1, 0.15) is 57.6 Å². The van der Waals surface area contributed by atoms with E-state index in [1.165, 1.54) is 12.2 Å². The van der Waals surface area contributed by atoms with E-state index in [0.717, 1.165) is 50.1 Å². The molecule has 7 nitrogen and oxygen atoms in total. The van der Waals surface area contributed by atoms with Crippen LogP contribution in [-0.2, 0) is 4.74 Å². The molecule has 2 amide bonds. The Labute approximate surface area is 198 Å². The molecule has 32 heavy (non-hydrogen) atoms. The third-order valence-corrected chi connectivity index (χ3v) is 6.24. The summed E-state index contributed by atoms with van der Waals surface area (Å²) < 4.78 is 11.1. The van der Waals surface area contributed by atoms with Gasteiger partial charge in [-0.3, -0.25) is 0 Å². The van der Waals surface area contributed by atoms with Crippen LogP contribution in [0, 0.1) is 0 Å². The average molecular weight is 468 g/mol. The molecule has 0 aliphatic heterocycles. The van der Waals surface area contributed by atoms with Gasteiger partial charge in [-0.1, -0.05) is 32.4 Å². The molecule has 0 bridgehead atoms. The fourth-order valence-electron chi connectivity index (χ4n) is 3.09. The lowest BCUT2D eigenvalue weighted by molar-refractivity contribution is 0.0926. The second kappa shape index (κ2) is 16.7. The van der Waals surface area contributed by atoms with Crippen molar-refractivity contribution in [1.29, 1.82) is 0 Å². The van der Waals surface area contributed by atoms with Gasteiger partial charge in [0, 0.05) is 20.6 Å². The minimum absolute atomic E-state index is 0.322. The minimum Gasteiger partial charge on any atom is -0.441 e. The molecule has 0 aliphatic carbocycles. The highest BCUT2D eigenvalue weighted by molar-refractivity contribution is 7.99. The Morgan fingerprint density at radius 3 is 2.38 bits per heavy atom. The number of rotatable bonds is 15. The molecule has 1 atom stereocenters. The van der Waals surface area contributed by atoms with Crippen molar-refractivity contribution in [3.8, 4) is 5.75 Å². The first-order chi connectivity index (χ1) is 15.4. The standard InChI is InChI=1S/C24H41N3O4S/c1-6-26(4)17-11-18-27(5)24(29)30-21-15-13-20(14-16-21)22(31-23(28)25-3)12-9-8-10-19-32-7-2/h13-16,22H,6-12,17-19H2,1-5H3,(H,25,28). The van der Waals surface area contributed by atoms with Gasteiger partial charge in [0.1, 0.15) is 11.9 Å². The second-order valence-electron chi connectivity index (χ2n) is 7.80. The number of carbonyl (C=O) groups is 2. The molecule has 182 valence electrons. The summed E-state index contributed by atoms with van der Waals surface area (Å²) in [6.45, 7) is 6.85. The van der Waals surface area contributed by atoms with Crippen molar-refractivity contribution >= 4 is 23.9 Å². The predicted octanol–water partition coefficient (Wildman–Crippen LogP) is 5.17. The smallest absolute Gasteiger partial charge is 0.414 e. The lowest BCUT2D eigenvalue weighted by Crippen LogP contribution is -2.32. The quantitative estimate of drug-likeness (QED) is 0.359. The third-order valence-electron chi connectivity index (χ3n) is 5.25. The molecule has 1 aromatic rings. The van der Waals surface area contributed by atoms with Gasteiger partial charge in [-0.05, 0) is 75.0 Å². The van der Waals surface area contributed by atoms with Crippen LogP contribution in [0.2, 0.25) is 0 Å². The maximum Gasteiger partial charge on any atom is 0.414 e. The van der Waals surface area contributed by atoms with Gasteiger partial charge in [0.05, 0.1) is 0 Å². The molecule has 0 radical (unpaired) electrons. The maximum absolute atomic E-state index is 12.3. The molecule has 0 heterocycles. The lowest BCUT2D eigenvalue weighted by Gasteiger charge is -2.20. The van der Waals surface area contributed by atoms with E-state index < -0.39 is 6.09 Å². The molecule has 0 aliphatic rings. The van der Waals surface area contributed by atoms with Crippen LogP contribution in [0.3, 0.4) is 0 Å². The third kappa shape index (κ3) is 11.6. The van der Waals surface area contributed by atoms with Gasteiger partial charge in [0.25, 0.3) is 0 Å². The van der Waals surface area contributed by atoms with Crippen molar-refractivity contribution in [3.63, 3.8) is 0 Å². The van der Waals surface area contributed by atoms with E-state index >= 15 is 0 Å². The van der Waals surface area contributed by atoms with Gasteiger partial charge in [0.2, 0.25) is 0 Å². The summed E-state index contributed by atoms with van der Waals surface area (Å²) in [6.07, 6.45) is 3.78. The predicted molar refractivity (Wildman–Crippen MR) is 133 cm³/mol. The Bertz CT molecular complexity index is 657. The summed E-state index contributed by atoms with van der Waals surface area (Å²) >= 11 is 1.95. The van der Waals surface area contributed by atoms with Crippen LogP contribution in [0.25, 0.3) is 0 Å². The fraction of sp³-hybridized carbons (Fsp3) is 0.667. The van der Waals surface area contributed by atoms with Crippen molar-refractivity contribution < 1.29 is 19.1 Å². The maximum atomic E-state index is 12.3. The molecule has 0 fully saturated rings. The van der Waals surface area contributed by atoms with Gasteiger partial charge in [-0.15, -0.1) is 0 Å². The lowest BCUT2D eigenvalue weighted by atomic mass is 10.0. The molecular weight excluding hydrogens is 426 g/mol. The van der Waals surface area contributed by atoms with Crippen molar-refractivity contribution in [2.45, 2.75) is 52.1 Å². The SMILES string of the molecule is CCSCCCCCC(OC(=O)NC)c1ccc(OC(=O)N(C)CCCN(C)CC)cc1. The van der Waals surface area contributed by atoms with Crippen molar-refractivity contribution in [2.24, 2.45) is 0 Å². The Hall–Kier alpha value is -1.93. The van der Waals surface area contributed by atoms with E-state index in [0.29, 0.717) is 12.3 Å². The highest BCUT2D eigenvalue weighted by Crippen LogP contribution is 2.26. The summed E-state index contributed by atoms with van der Waals surface area (Å²) in [5.41, 5.74) is 0.896. The summed E-state index contributed by atoms with van der Waals surface area (Å²) in [7, 11) is 5.36. The molecule has 0 saturated carbocycles. The number of unbranched alkanes of at least 4 members (excludes halogenated alkanes) is 2. The Morgan fingerprint density at radius 1 is 1.03 bits per heavy atom. The zero-order valence-corrected chi connectivity index (χ0v) is 21.2. The number of nitrogens with zero attached hydrogens (tertiary/aromatic N) is 2. The van der Waals surface area contributed by atoms with Crippen LogP contribution in [0.4, 0.5) is 9.59 Å². The van der Waals surface area contributed by atoms with E-state index in [4.69, 9.17) is 9.47 Å². The number of thioether (sulfide) groups is 1. The topological polar surface area (TPSA) is 71.1 Å². The number of hydrogen-bond donors (Lipinski definition) is 1. The fourth-order valence-corrected chi connectivity index (χ4v) is 3.79. The largest absolute Gasteiger partial charge is 0.441 e. The van der Waals surface area contributed by atoms with Crippen molar-refractivity contribution in [1.82, 2.24) is 15.1 Å². The molecule has 1 N–H and O–H groups in total. The minimum atomic E-state index is -0.442. The molecule has 8 heteroatoms. The van der Waals surface area contributed by atoms with E-state index in [1.807, 2.05) is 23.9 Å². The molecule has 0 aromatic heterocycles. The monoisotopic (exact) mass is 467 g/mol. The van der Waals surface area contributed by atoms with Gasteiger partial charge in [0.15, 0.2) is 0 Å². The normalized spacial score (nSPS) is 11.8. The summed E-state index contributed by atoms with van der Waals surface area (Å²) in [5.74, 6) is 2.79. The molecule has 0 spiro atoms. The molecular formula is C24H41N3O4S. The molecule has 1 unspecified atom stereocenters. The van der Waals surface area contributed by atoms with Crippen LogP contribution in [0.15, 0.2) is 24.3 Å². The second-order valence-corrected chi connectivity index (χ2v) is 9.19. The number of amides is 2. The highest BCUT2D eigenvalue weighted by Gasteiger charge is 2.17. The summed E-state index contributed by atoms with van der Waals surface area (Å²) in [4.78, 5) is 27.9. The number of hydrogen-bond acceptors (Lipinski definition) is 6. The van der Waals surface area contributed by atoms with Crippen LogP contribution < -0.4 is 10.1 Å². The first-order valence-electron chi connectivity index (χ1n) is 11.6. The van der Waals surface area contributed by atoms with Crippen LogP contribution >= 0.6 is 11.8 Å². The first kappa shape index (κ1) is 28.1. The zero-order valence-electron chi connectivity index (χ0n) is 20.4. The van der Waals surface area contributed by atoms with Crippen molar-refractivity contribution in [2.75, 3.05) is 52.3 Å². The van der Waals surface area contributed by atoms with Gasteiger partial charge in [-0.2, -0.15) is 11.8 Å². The Morgan fingerprint density at radius 2 is 1.75 bits per heavy atom. The number of nitrogens with one attached hydrogen (secondary N) is 1. The van der Waals surface area contributed by atoms with E-state index in [-0.39, 0.29) is 12.2 Å². The molecule has 0 saturated heterocycles. The Kier molecular flexibility index (Phi) is 14.6. The molecule has 1 aromatic carbocycles. The summed E-state index contributed by atoms with van der Waals surface area (Å²) in [6, 6.07) is 7.23. The molecule has 1 rings (SSSR count). The van der Waals surface area contributed by atoms with Gasteiger partial charge >= 0.3 is 12.2 Å². The number of ether oxygens (including phenoxy) is 2. The van der Waals surface area contributed by atoms with E-state index in [2.05, 4.69) is 31.1 Å². The van der Waals surface area contributed by atoms with E-state index in [9.17, 15) is 9.59 Å². The summed E-state index contributed by atoms with van der Waals surface area (Å²) in [5, 5.41) is 2.52. The Balaban J connectivity index is 2.59. The van der Waals surface area contributed by atoms with Gasteiger partial charge in [-0.25, -0.2) is 9.59 Å². The van der Waals surface area contributed by atoms with Crippen molar-refractivity contribution in [3.05, 3.63) is 29.8 Å². The van der Waals surface area contributed by atoms with Gasteiger partial charge < -0.3 is 24.6 Å². The van der Waals surface area contributed by atoms with Crippen LogP contribution in [0.5, 0.6) is 5.75 Å². The number of alkyl carbamates (subject to hydrolysis) is 1.